The zero-order valence-corrected chi connectivity index (χ0v) is 30.5. The van der Waals surface area contributed by atoms with E-state index in [1.54, 1.807) is 0 Å². The van der Waals surface area contributed by atoms with E-state index in [0.29, 0.717) is 12.8 Å². The van der Waals surface area contributed by atoms with Crippen molar-refractivity contribution in [1.82, 2.24) is 17.6 Å². The van der Waals surface area contributed by atoms with Gasteiger partial charge in [-0.15, -0.1) is 0 Å². The van der Waals surface area contributed by atoms with Crippen LogP contribution in [0.1, 0.15) is 194 Å². The van der Waals surface area contributed by atoms with Crippen molar-refractivity contribution in [3.05, 3.63) is 0 Å². The van der Waals surface area contributed by atoms with E-state index < -0.39 is 26.6 Å². The Kier molecular flexibility index (Phi) is 38.4. The van der Waals surface area contributed by atoms with E-state index in [-0.39, 0.29) is 18.2 Å². The fourth-order valence-corrected chi connectivity index (χ4v) is 5.92. The average Bonchev–Trinajstić information content (AvgIpc) is 2.95. The van der Waals surface area contributed by atoms with Crippen LogP contribution in [0.5, 0.6) is 0 Å². The van der Waals surface area contributed by atoms with Gasteiger partial charge in [0, 0.05) is 6.42 Å². The van der Waals surface area contributed by atoms with Crippen LogP contribution in [-0.4, -0.2) is 29.8 Å². The molecule has 10 N–H and O–H groups in total. The highest BCUT2D eigenvalue weighted by atomic mass is 31.2. The summed E-state index contributed by atoms with van der Waals surface area (Å²) in [6, 6.07) is -0.895. The molecule has 10 heteroatoms. The van der Waals surface area contributed by atoms with Crippen LogP contribution in [0.4, 0.5) is 0 Å². The maximum atomic E-state index is 12.5. The normalized spacial score (nSPS) is 12.8. The molecule has 0 saturated carbocycles. The van der Waals surface area contributed by atoms with E-state index in [4.69, 9.17) is 0 Å². The molecule has 2 atom stereocenters. The van der Waals surface area contributed by atoms with Gasteiger partial charge in [-0.2, -0.15) is 0 Å². The van der Waals surface area contributed by atoms with Crippen LogP contribution in [-0.2, 0) is 13.9 Å². The first-order valence-electron chi connectivity index (χ1n) is 17.9. The van der Waals surface area contributed by atoms with Crippen LogP contribution in [0.15, 0.2) is 0 Å². The van der Waals surface area contributed by atoms with Crippen molar-refractivity contribution >= 4 is 13.7 Å². The maximum Gasteiger partial charge on any atom is 0.220 e. The van der Waals surface area contributed by atoms with Gasteiger partial charge in [0.15, 0.2) is 0 Å². The van der Waals surface area contributed by atoms with Gasteiger partial charge in [-0.1, -0.05) is 174 Å². The van der Waals surface area contributed by atoms with Crippen LogP contribution in [0, 0.1) is 0 Å². The van der Waals surface area contributed by atoms with E-state index in [1.807, 2.05) is 0 Å². The van der Waals surface area contributed by atoms with Crippen molar-refractivity contribution in [2.45, 2.75) is 206 Å². The van der Waals surface area contributed by atoms with Crippen molar-refractivity contribution < 1.29 is 28.8 Å². The minimum absolute atomic E-state index is 0. The number of aliphatic hydroxyl groups is 1. The number of hydrogen-bond donors (Lipinski definition) is 4. The Morgan fingerprint density at radius 3 is 1.27 bits per heavy atom. The van der Waals surface area contributed by atoms with E-state index >= 15 is 0 Å². The minimum atomic E-state index is -5.18. The van der Waals surface area contributed by atoms with Crippen molar-refractivity contribution in [2.75, 3.05) is 6.61 Å². The Morgan fingerprint density at radius 1 is 0.614 bits per heavy atom. The Bertz CT molecular complexity index is 638. The standard InChI is InChI=1S/C34H70NO6P.2H3N/c1-3-5-7-9-11-13-15-17-19-21-23-25-27-29-33(36)32(31-41-42(38,39)40)35-34(37)30-28-26-24-22-20-18-16-14-12-10-8-6-4-2;;/h32-33,36H,3-31H2,1-2H3,(H,35,37)(H2,38,39,40);2*1H3/t32-,33+;;/m0../s1. The van der Waals surface area contributed by atoms with Crippen molar-refractivity contribution in [3.8, 4) is 0 Å². The van der Waals surface area contributed by atoms with Crippen LogP contribution in [0.3, 0.4) is 0 Å². The monoisotopic (exact) mass is 654 g/mol. The largest absolute Gasteiger partial charge is 0.790 e. The first-order chi connectivity index (χ1) is 20.3. The van der Waals surface area contributed by atoms with E-state index in [1.165, 1.54) is 128 Å². The molecule has 0 aromatic heterocycles. The topological polar surface area (TPSA) is 195 Å². The second-order valence-corrected chi connectivity index (χ2v) is 13.7. The van der Waals surface area contributed by atoms with Gasteiger partial charge in [-0.25, -0.2) is 0 Å². The summed E-state index contributed by atoms with van der Waals surface area (Å²) in [7, 11) is -5.18. The van der Waals surface area contributed by atoms with Crippen molar-refractivity contribution in [3.63, 3.8) is 0 Å². The molecule has 0 aromatic rings. The summed E-state index contributed by atoms with van der Waals surface area (Å²) < 4.78 is 15.4. The summed E-state index contributed by atoms with van der Waals surface area (Å²) in [5.74, 6) is -0.234. The number of nitrogens with one attached hydrogen (secondary N) is 1. The molecule has 0 fully saturated rings. The van der Waals surface area contributed by atoms with Gasteiger partial charge in [0.25, 0.3) is 0 Å². The number of hydrogen-bond acceptors (Lipinski definition) is 6. The van der Waals surface area contributed by atoms with Crippen molar-refractivity contribution in [2.24, 2.45) is 0 Å². The number of amides is 1. The molecule has 0 heterocycles. The molecule has 0 aromatic carbocycles. The summed E-state index contributed by atoms with van der Waals surface area (Å²) in [5, 5.41) is 13.3. The second-order valence-electron chi connectivity index (χ2n) is 12.5. The highest BCUT2D eigenvalue weighted by molar-refractivity contribution is 7.43. The van der Waals surface area contributed by atoms with E-state index in [0.717, 1.165) is 38.5 Å². The molecule has 0 spiro atoms. The van der Waals surface area contributed by atoms with Gasteiger partial charge in [0.05, 0.1) is 26.6 Å². The Morgan fingerprint density at radius 2 is 0.932 bits per heavy atom. The summed E-state index contributed by atoms with van der Waals surface area (Å²) in [4.78, 5) is 34.5. The number of phosphoric acid groups is 1. The lowest BCUT2D eigenvalue weighted by Gasteiger charge is -2.32. The molecule has 9 nitrogen and oxygen atoms in total. The zero-order valence-electron chi connectivity index (χ0n) is 29.6. The van der Waals surface area contributed by atoms with Gasteiger partial charge in [0.2, 0.25) is 5.91 Å². The number of aliphatic hydroxyl groups excluding tert-OH is 1. The maximum absolute atomic E-state index is 12.5. The number of quaternary nitrogens is 2. The molecule has 0 rings (SSSR count). The van der Waals surface area contributed by atoms with Gasteiger partial charge in [-0.3, -0.25) is 4.79 Å². The lowest BCUT2D eigenvalue weighted by Crippen LogP contribution is -2.46. The molecule has 0 saturated heterocycles. The second kappa shape index (κ2) is 35.3. The lowest BCUT2D eigenvalue weighted by atomic mass is 10.0. The van der Waals surface area contributed by atoms with E-state index in [2.05, 4.69) is 23.7 Å². The van der Waals surface area contributed by atoms with Crippen LogP contribution >= 0.6 is 7.82 Å². The van der Waals surface area contributed by atoms with Gasteiger partial charge in [0.1, 0.15) is 0 Å². The molecule has 0 aliphatic carbocycles. The average molecular weight is 654 g/mol. The minimum Gasteiger partial charge on any atom is -0.790 e. The Labute approximate surface area is 272 Å². The van der Waals surface area contributed by atoms with Crippen LogP contribution in [0.2, 0.25) is 0 Å². The summed E-state index contributed by atoms with van der Waals surface area (Å²) >= 11 is 0. The first kappa shape index (κ1) is 47.9. The van der Waals surface area contributed by atoms with Crippen LogP contribution in [0.25, 0.3) is 0 Å². The molecule has 44 heavy (non-hydrogen) atoms. The fraction of sp³-hybridized carbons (Fsp3) is 0.971. The third-order valence-electron chi connectivity index (χ3n) is 8.33. The van der Waals surface area contributed by atoms with Gasteiger partial charge < -0.3 is 41.6 Å². The summed E-state index contributed by atoms with van der Waals surface area (Å²) in [6.45, 7) is 3.97. The third-order valence-corrected chi connectivity index (χ3v) is 8.80. The highest BCUT2D eigenvalue weighted by Crippen LogP contribution is 2.25. The van der Waals surface area contributed by atoms with E-state index in [9.17, 15) is 24.3 Å². The molecule has 0 unspecified atom stereocenters. The molecule has 0 aliphatic heterocycles. The SMILES string of the molecule is CCCCCCCCCCCCCCCC(=O)N[C@@H](COP(=O)([O-])[O-])[C@H](O)CCCCCCCCCCCCCCC.[NH4+].[NH4+]. The Balaban J connectivity index is -0.00000840. The third kappa shape index (κ3) is 35.9. The molecular formula is C34H76N3O6P. The quantitative estimate of drug-likeness (QED) is 0.0402. The molecule has 0 radical (unpaired) electrons. The van der Waals surface area contributed by atoms with Crippen LogP contribution < -0.4 is 27.4 Å². The predicted octanol–water partition coefficient (Wildman–Crippen LogP) is 9.39. The number of rotatable bonds is 33. The number of carbonyl (C=O) groups excluding carboxylic acids is 1. The molecule has 268 valence electrons. The van der Waals surface area contributed by atoms with Crippen molar-refractivity contribution in [1.29, 1.82) is 0 Å². The number of carbonyl (C=O) groups is 1. The number of unbranched alkanes of at least 4 members (excludes halogenated alkanes) is 24. The predicted molar refractivity (Wildman–Crippen MR) is 184 cm³/mol. The van der Waals surface area contributed by atoms with Gasteiger partial charge in [-0.05, 0) is 12.8 Å². The Hall–Kier alpha value is -0.540. The number of phosphoric ester groups is 1. The molecule has 0 aliphatic rings. The summed E-state index contributed by atoms with van der Waals surface area (Å²) in [6.07, 6.45) is 31.8. The molecular weight excluding hydrogens is 577 g/mol. The zero-order chi connectivity index (χ0) is 31.2. The smallest absolute Gasteiger partial charge is 0.220 e. The summed E-state index contributed by atoms with van der Waals surface area (Å²) in [5.41, 5.74) is 0. The molecule has 0 bridgehead atoms. The molecule has 1 amide bonds. The fourth-order valence-electron chi connectivity index (χ4n) is 5.58. The lowest BCUT2D eigenvalue weighted by molar-refractivity contribution is -0.342. The first-order valence-corrected chi connectivity index (χ1v) is 19.4. The van der Waals surface area contributed by atoms with Gasteiger partial charge >= 0.3 is 0 Å². The highest BCUT2D eigenvalue weighted by Gasteiger charge is 2.22.